The number of aromatic carboxylic acids is 1. The van der Waals surface area contributed by atoms with Gasteiger partial charge in [0.15, 0.2) is 0 Å². The van der Waals surface area contributed by atoms with Crippen LogP contribution in [0.3, 0.4) is 0 Å². The minimum atomic E-state index is -4.31. The number of carbonyl (C=O) groups is 1. The maximum absolute atomic E-state index is 12.3. The Bertz CT molecular complexity index is 649. The average molecular weight is 288 g/mol. The Kier molecular flexibility index (Phi) is 3.56. The largest absolute Gasteiger partial charge is 0.495 e. The fraction of sp³-hybridized carbons (Fsp3) is 0.333. The van der Waals surface area contributed by atoms with E-state index in [2.05, 4.69) is 5.10 Å². The molecule has 8 heteroatoms. The highest BCUT2D eigenvalue weighted by Gasteiger charge is 2.28. The molecule has 0 atom stereocenters. The van der Waals surface area contributed by atoms with Gasteiger partial charge in [-0.25, -0.2) is 9.31 Å². The number of ether oxygens (including phenoxy) is 1. The van der Waals surface area contributed by atoms with Gasteiger partial charge >= 0.3 is 12.1 Å². The molecule has 0 bridgehead atoms. The van der Waals surface area contributed by atoms with Gasteiger partial charge in [-0.1, -0.05) is 0 Å². The Morgan fingerprint density at radius 3 is 2.70 bits per heavy atom. The standard InChI is InChI=1S/C12H11F3N2O3/c1-20-10-3-2-8-7(11(18)19)6-16-17(8)9(10)4-5-12(13,14)15/h2-3,6H,4-5H2,1H3,(H,18,19). The number of nitrogens with zero attached hydrogens (tertiary/aromatic N) is 2. The molecule has 2 heterocycles. The SMILES string of the molecule is COc1ccc2c(C(=O)O)cnn2c1CCC(F)(F)F. The van der Waals surface area contributed by atoms with Gasteiger partial charge in [0.1, 0.15) is 11.3 Å². The molecule has 0 amide bonds. The monoisotopic (exact) mass is 288 g/mol. The van der Waals surface area contributed by atoms with Gasteiger partial charge in [-0.2, -0.15) is 18.3 Å². The summed E-state index contributed by atoms with van der Waals surface area (Å²) in [5, 5.41) is 12.8. The summed E-state index contributed by atoms with van der Waals surface area (Å²) in [6.07, 6.45) is -4.58. The Morgan fingerprint density at radius 2 is 2.15 bits per heavy atom. The van der Waals surface area contributed by atoms with Crippen LogP contribution in [0, 0.1) is 0 Å². The van der Waals surface area contributed by atoms with E-state index >= 15 is 0 Å². The van der Waals surface area contributed by atoms with E-state index in [0.29, 0.717) is 0 Å². The summed E-state index contributed by atoms with van der Waals surface area (Å²) >= 11 is 0. The zero-order chi connectivity index (χ0) is 14.9. The van der Waals surface area contributed by atoms with Gasteiger partial charge in [0.2, 0.25) is 0 Å². The van der Waals surface area contributed by atoms with E-state index in [-0.39, 0.29) is 28.9 Å². The first-order valence-electron chi connectivity index (χ1n) is 5.67. The summed E-state index contributed by atoms with van der Waals surface area (Å²) < 4.78 is 43.2. The van der Waals surface area contributed by atoms with Crippen molar-refractivity contribution in [3.8, 4) is 5.75 Å². The number of rotatable bonds is 4. The number of methoxy groups -OCH3 is 1. The summed E-state index contributed by atoms with van der Waals surface area (Å²) in [6, 6.07) is 2.89. The van der Waals surface area contributed by atoms with Crippen LogP contribution in [-0.2, 0) is 6.42 Å². The van der Waals surface area contributed by atoms with Gasteiger partial charge in [0.25, 0.3) is 0 Å². The molecule has 0 saturated carbocycles. The molecular weight excluding hydrogens is 277 g/mol. The maximum atomic E-state index is 12.3. The van der Waals surface area contributed by atoms with Crippen LogP contribution in [0.5, 0.6) is 5.75 Å². The van der Waals surface area contributed by atoms with Crippen molar-refractivity contribution in [1.29, 1.82) is 0 Å². The summed E-state index contributed by atoms with van der Waals surface area (Å²) in [7, 11) is 1.33. The van der Waals surface area contributed by atoms with Crippen LogP contribution in [-0.4, -0.2) is 34.0 Å². The molecule has 0 radical (unpaired) electrons. The number of carboxylic acid groups (broad SMARTS) is 1. The maximum Gasteiger partial charge on any atom is 0.389 e. The number of alkyl halides is 3. The van der Waals surface area contributed by atoms with Crippen molar-refractivity contribution in [2.45, 2.75) is 19.0 Å². The van der Waals surface area contributed by atoms with E-state index in [1.54, 1.807) is 0 Å². The third kappa shape index (κ3) is 2.68. The van der Waals surface area contributed by atoms with Gasteiger partial charge in [0, 0.05) is 12.8 Å². The molecule has 0 spiro atoms. The van der Waals surface area contributed by atoms with Crippen molar-refractivity contribution in [3.63, 3.8) is 0 Å². The minimum absolute atomic E-state index is 0.0686. The average Bonchev–Trinajstić information content (AvgIpc) is 2.78. The van der Waals surface area contributed by atoms with Gasteiger partial charge in [0.05, 0.1) is 24.5 Å². The topological polar surface area (TPSA) is 63.8 Å². The first-order chi connectivity index (χ1) is 9.33. The molecule has 2 rings (SSSR count). The molecule has 0 aliphatic rings. The van der Waals surface area contributed by atoms with Gasteiger partial charge < -0.3 is 9.84 Å². The third-order valence-corrected chi connectivity index (χ3v) is 2.83. The van der Waals surface area contributed by atoms with Crippen LogP contribution in [0.15, 0.2) is 18.3 Å². The predicted octanol–water partition coefficient (Wildman–Crippen LogP) is 2.54. The van der Waals surface area contributed by atoms with Crippen LogP contribution in [0.25, 0.3) is 5.52 Å². The van der Waals surface area contributed by atoms with Crippen molar-refractivity contribution in [3.05, 3.63) is 29.6 Å². The highest BCUT2D eigenvalue weighted by molar-refractivity contribution is 5.95. The highest BCUT2D eigenvalue weighted by atomic mass is 19.4. The van der Waals surface area contributed by atoms with Crippen LogP contribution < -0.4 is 4.74 Å². The van der Waals surface area contributed by atoms with E-state index < -0.39 is 18.6 Å². The lowest BCUT2D eigenvalue weighted by Crippen LogP contribution is -2.12. The second-order valence-corrected chi connectivity index (χ2v) is 4.12. The quantitative estimate of drug-likeness (QED) is 0.939. The molecule has 108 valence electrons. The molecule has 0 aliphatic carbocycles. The number of aryl methyl sites for hydroxylation is 1. The molecule has 0 fully saturated rings. The molecule has 5 nitrogen and oxygen atoms in total. The number of hydrogen-bond donors (Lipinski definition) is 1. The molecule has 2 aromatic heterocycles. The smallest absolute Gasteiger partial charge is 0.389 e. The van der Waals surface area contributed by atoms with Crippen molar-refractivity contribution >= 4 is 11.5 Å². The first-order valence-corrected chi connectivity index (χ1v) is 5.67. The third-order valence-electron chi connectivity index (χ3n) is 2.83. The fourth-order valence-corrected chi connectivity index (χ4v) is 1.93. The number of pyridine rings is 1. The molecule has 1 N–H and O–H groups in total. The van der Waals surface area contributed by atoms with E-state index in [0.717, 1.165) is 6.20 Å². The highest BCUT2D eigenvalue weighted by Crippen LogP contribution is 2.28. The first kappa shape index (κ1) is 14.2. The normalized spacial score (nSPS) is 11.8. The minimum Gasteiger partial charge on any atom is -0.495 e. The van der Waals surface area contributed by atoms with Gasteiger partial charge in [-0.05, 0) is 12.1 Å². The zero-order valence-corrected chi connectivity index (χ0v) is 10.4. The molecule has 2 aromatic rings. The van der Waals surface area contributed by atoms with Crippen LogP contribution in [0.1, 0.15) is 22.5 Å². The summed E-state index contributed by atoms with van der Waals surface area (Å²) in [6.45, 7) is 0. The Morgan fingerprint density at radius 1 is 1.45 bits per heavy atom. The van der Waals surface area contributed by atoms with Crippen molar-refractivity contribution in [2.75, 3.05) is 7.11 Å². The van der Waals surface area contributed by atoms with Crippen LogP contribution in [0.4, 0.5) is 13.2 Å². The molecule has 0 saturated heterocycles. The van der Waals surface area contributed by atoms with E-state index in [1.807, 2.05) is 0 Å². The van der Waals surface area contributed by atoms with E-state index in [1.165, 1.54) is 23.8 Å². The van der Waals surface area contributed by atoms with Gasteiger partial charge in [-0.15, -0.1) is 0 Å². The summed E-state index contributed by atoms with van der Waals surface area (Å²) in [4.78, 5) is 11.0. The predicted molar refractivity (Wildman–Crippen MR) is 63.1 cm³/mol. The zero-order valence-electron chi connectivity index (χ0n) is 10.4. The number of carboxylic acids is 1. The van der Waals surface area contributed by atoms with E-state index in [9.17, 15) is 18.0 Å². The second kappa shape index (κ2) is 5.03. The lowest BCUT2D eigenvalue weighted by Gasteiger charge is -2.12. The molecule has 0 aliphatic heterocycles. The lowest BCUT2D eigenvalue weighted by molar-refractivity contribution is -0.134. The Balaban J connectivity index is 2.51. The van der Waals surface area contributed by atoms with Gasteiger partial charge in [-0.3, -0.25) is 0 Å². The van der Waals surface area contributed by atoms with Crippen molar-refractivity contribution in [1.82, 2.24) is 9.61 Å². The summed E-state index contributed by atoms with van der Waals surface area (Å²) in [5.41, 5.74) is 0.353. The molecule has 0 aromatic carbocycles. The Hall–Kier alpha value is -2.25. The van der Waals surface area contributed by atoms with Crippen LogP contribution >= 0.6 is 0 Å². The number of halogens is 3. The lowest BCUT2D eigenvalue weighted by atomic mass is 10.1. The second-order valence-electron chi connectivity index (χ2n) is 4.12. The fourth-order valence-electron chi connectivity index (χ4n) is 1.93. The number of aromatic nitrogens is 2. The molecule has 0 unspecified atom stereocenters. The Labute approximate surface area is 111 Å². The molecule has 20 heavy (non-hydrogen) atoms. The summed E-state index contributed by atoms with van der Waals surface area (Å²) in [5.74, 6) is -0.950. The van der Waals surface area contributed by atoms with E-state index in [4.69, 9.17) is 9.84 Å². The number of fused-ring (bicyclic) bond motifs is 1. The number of hydrogen-bond acceptors (Lipinski definition) is 3. The molecular formula is C12H11F3N2O3. The van der Waals surface area contributed by atoms with Crippen molar-refractivity contribution < 1.29 is 27.8 Å². The van der Waals surface area contributed by atoms with Crippen LogP contribution in [0.2, 0.25) is 0 Å². The van der Waals surface area contributed by atoms with Crippen molar-refractivity contribution in [2.24, 2.45) is 0 Å².